The second-order valence-electron chi connectivity index (χ2n) is 16.1. The number of rotatable bonds is 12. The fourth-order valence-electron chi connectivity index (χ4n) is 5.93. The lowest BCUT2D eigenvalue weighted by molar-refractivity contribution is -0.135. The second-order valence-corrected chi connectivity index (χ2v) is 16.1. The van der Waals surface area contributed by atoms with Crippen LogP contribution in [0.5, 0.6) is 5.75 Å². The largest absolute Gasteiger partial charge is 0.507 e. The van der Waals surface area contributed by atoms with Gasteiger partial charge in [-0.3, -0.25) is 4.79 Å². The molecular formula is C39H58N2O4. The van der Waals surface area contributed by atoms with E-state index in [0.29, 0.717) is 12.4 Å². The average molecular weight is 619 g/mol. The first-order valence-electron chi connectivity index (χ1n) is 16.8. The summed E-state index contributed by atoms with van der Waals surface area (Å²) in [6.07, 6.45) is 6.42. The van der Waals surface area contributed by atoms with Crippen LogP contribution < -0.4 is 5.32 Å². The van der Waals surface area contributed by atoms with Crippen LogP contribution in [0.15, 0.2) is 47.8 Å². The summed E-state index contributed by atoms with van der Waals surface area (Å²) in [7, 11) is 0. The Hall–Kier alpha value is -3.28. The molecule has 6 nitrogen and oxygen atoms in total. The van der Waals surface area contributed by atoms with Crippen molar-refractivity contribution in [2.75, 3.05) is 11.9 Å². The summed E-state index contributed by atoms with van der Waals surface area (Å²) >= 11 is 0. The number of carbonyl (C=O) groups excluding carboxylic acids is 2. The summed E-state index contributed by atoms with van der Waals surface area (Å²) in [6, 6.07) is 12.6. The van der Waals surface area contributed by atoms with E-state index in [9.17, 15) is 14.7 Å². The molecule has 0 radical (unpaired) electrons. The Morgan fingerprint density at radius 2 is 1.44 bits per heavy atom. The number of nitrogens with zero attached hydrogens (tertiary/aromatic N) is 1. The molecule has 1 aliphatic rings. The van der Waals surface area contributed by atoms with Gasteiger partial charge in [0.25, 0.3) is 0 Å². The maximum Gasteiger partial charge on any atom is 0.346 e. The molecule has 1 atom stereocenters. The molecule has 6 heteroatoms. The predicted octanol–water partition coefficient (Wildman–Crippen LogP) is 9.19. The van der Waals surface area contributed by atoms with Crippen LogP contribution in [0.1, 0.15) is 131 Å². The van der Waals surface area contributed by atoms with Crippen LogP contribution in [0.2, 0.25) is 0 Å². The Kier molecular flexibility index (Phi) is 11.6. The molecule has 0 aliphatic carbocycles. The molecule has 2 aromatic rings. The number of ketones is 1. The standard InChI is InChI=1S/C39H58N2O4/c1-12-13-14-15-16-26(2)41(24-28-19-17-27(18-20-28)23-37(3,4)5)35(33-32(42)25-45-36(33)44)40-29-21-30(38(6,7)8)34(43)31(22-29)39(9,10)11/h17-22,26,40,43H,12-16,23-25H2,1-11H3/b35-33+. The Labute approximate surface area is 272 Å². The number of hydrogen-bond acceptors (Lipinski definition) is 6. The van der Waals surface area contributed by atoms with Crippen molar-refractivity contribution in [1.82, 2.24) is 4.90 Å². The first-order valence-corrected chi connectivity index (χ1v) is 16.8. The van der Waals surface area contributed by atoms with E-state index < -0.39 is 5.97 Å². The van der Waals surface area contributed by atoms with E-state index in [4.69, 9.17) is 4.74 Å². The third-order valence-corrected chi connectivity index (χ3v) is 8.45. The number of hydrogen-bond donors (Lipinski definition) is 2. The number of aromatic hydroxyl groups is 1. The Bertz CT molecular complexity index is 1310. The van der Waals surface area contributed by atoms with Crippen LogP contribution in [-0.4, -0.2) is 34.4 Å². The van der Waals surface area contributed by atoms with E-state index in [-0.39, 0.29) is 46.0 Å². The van der Waals surface area contributed by atoms with Gasteiger partial charge in [0, 0.05) is 29.4 Å². The molecule has 248 valence electrons. The predicted molar refractivity (Wildman–Crippen MR) is 185 cm³/mol. The Morgan fingerprint density at radius 1 is 0.889 bits per heavy atom. The fourth-order valence-corrected chi connectivity index (χ4v) is 5.93. The van der Waals surface area contributed by atoms with E-state index in [2.05, 4.69) is 111 Å². The third-order valence-electron chi connectivity index (χ3n) is 8.45. The van der Waals surface area contributed by atoms with Crippen LogP contribution in [0.3, 0.4) is 0 Å². The average Bonchev–Trinajstić information content (AvgIpc) is 3.25. The molecule has 0 spiro atoms. The molecule has 1 heterocycles. The zero-order chi connectivity index (χ0) is 33.7. The third kappa shape index (κ3) is 9.85. The van der Waals surface area contributed by atoms with E-state index in [1.165, 1.54) is 12.0 Å². The summed E-state index contributed by atoms with van der Waals surface area (Å²) in [6.45, 7) is 23.8. The van der Waals surface area contributed by atoms with Gasteiger partial charge in [0.1, 0.15) is 17.1 Å². The number of unbranched alkanes of at least 4 members (excludes halogenated alkanes) is 3. The van der Waals surface area contributed by atoms with Crippen molar-refractivity contribution >= 4 is 17.4 Å². The Balaban J connectivity index is 2.17. The minimum atomic E-state index is -0.600. The molecule has 45 heavy (non-hydrogen) atoms. The molecule has 0 bridgehead atoms. The number of ether oxygens (including phenoxy) is 1. The lowest BCUT2D eigenvalue weighted by atomic mass is 9.79. The monoisotopic (exact) mass is 618 g/mol. The lowest BCUT2D eigenvalue weighted by Gasteiger charge is -2.35. The molecule has 1 unspecified atom stereocenters. The second kappa shape index (κ2) is 14.4. The molecule has 0 aromatic heterocycles. The number of phenols is 1. The highest BCUT2D eigenvalue weighted by Crippen LogP contribution is 2.42. The molecule has 1 fully saturated rings. The van der Waals surface area contributed by atoms with Gasteiger partial charge in [0.05, 0.1) is 0 Å². The van der Waals surface area contributed by atoms with Crippen molar-refractivity contribution in [3.8, 4) is 5.75 Å². The topological polar surface area (TPSA) is 78.9 Å². The normalized spacial score (nSPS) is 16.1. The highest BCUT2D eigenvalue weighted by atomic mass is 16.5. The molecule has 0 amide bonds. The maximum atomic E-state index is 13.3. The van der Waals surface area contributed by atoms with Gasteiger partial charge >= 0.3 is 5.97 Å². The van der Waals surface area contributed by atoms with Crippen molar-refractivity contribution in [3.05, 3.63) is 70.0 Å². The number of benzene rings is 2. The van der Waals surface area contributed by atoms with E-state index in [1.807, 2.05) is 12.1 Å². The van der Waals surface area contributed by atoms with Crippen molar-refractivity contribution < 1.29 is 19.4 Å². The molecule has 1 saturated heterocycles. The summed E-state index contributed by atoms with van der Waals surface area (Å²) in [5.41, 5.74) is 4.28. The van der Waals surface area contributed by atoms with Crippen molar-refractivity contribution in [3.63, 3.8) is 0 Å². The van der Waals surface area contributed by atoms with Crippen LogP contribution >= 0.6 is 0 Å². The Morgan fingerprint density at radius 3 is 1.91 bits per heavy atom. The number of Topliss-reactive ketones (excluding diaryl/α,β-unsaturated/α-hetero) is 1. The van der Waals surface area contributed by atoms with Gasteiger partial charge in [0.2, 0.25) is 5.78 Å². The van der Waals surface area contributed by atoms with Crippen molar-refractivity contribution in [2.24, 2.45) is 5.41 Å². The summed E-state index contributed by atoms with van der Waals surface area (Å²) < 4.78 is 5.27. The van der Waals surface area contributed by atoms with Gasteiger partial charge in [-0.25, -0.2) is 4.79 Å². The van der Waals surface area contributed by atoms with Gasteiger partial charge < -0.3 is 20.1 Å². The van der Waals surface area contributed by atoms with E-state index in [0.717, 1.165) is 54.5 Å². The minimum Gasteiger partial charge on any atom is -0.507 e. The molecule has 1 aliphatic heterocycles. The number of carbonyl (C=O) groups is 2. The number of anilines is 1. The number of nitrogens with one attached hydrogen (secondary N) is 1. The van der Waals surface area contributed by atoms with Gasteiger partial charge in [0.15, 0.2) is 6.61 Å². The zero-order valence-corrected chi connectivity index (χ0v) is 29.8. The zero-order valence-electron chi connectivity index (χ0n) is 29.8. The molecule has 3 rings (SSSR count). The van der Waals surface area contributed by atoms with Crippen LogP contribution in [-0.2, 0) is 38.1 Å². The van der Waals surface area contributed by atoms with Gasteiger partial charge in [-0.1, -0.05) is 119 Å². The lowest BCUT2D eigenvalue weighted by Crippen LogP contribution is -2.37. The summed E-state index contributed by atoms with van der Waals surface area (Å²) in [5, 5.41) is 14.9. The van der Waals surface area contributed by atoms with Crippen LogP contribution in [0.4, 0.5) is 5.69 Å². The van der Waals surface area contributed by atoms with Gasteiger partial charge in [-0.05, 0) is 59.3 Å². The maximum absolute atomic E-state index is 13.3. The fraction of sp³-hybridized carbons (Fsp3) is 0.590. The number of phenolic OH excluding ortho intramolecular Hbond substituents is 1. The summed E-state index contributed by atoms with van der Waals surface area (Å²) in [4.78, 5) is 28.6. The van der Waals surface area contributed by atoms with Crippen LogP contribution in [0, 0.1) is 5.41 Å². The molecule has 2 aromatic carbocycles. The quantitative estimate of drug-likeness (QED) is 0.0812. The minimum absolute atomic E-state index is 0.0357. The highest BCUT2D eigenvalue weighted by Gasteiger charge is 2.36. The summed E-state index contributed by atoms with van der Waals surface area (Å²) in [5.74, 6) is -0.175. The number of esters is 1. The smallest absolute Gasteiger partial charge is 0.346 e. The molecule has 0 saturated carbocycles. The van der Waals surface area contributed by atoms with E-state index >= 15 is 0 Å². The first kappa shape index (κ1) is 36.2. The van der Waals surface area contributed by atoms with Gasteiger partial charge in [-0.15, -0.1) is 0 Å². The highest BCUT2D eigenvalue weighted by molar-refractivity contribution is 6.22. The van der Waals surface area contributed by atoms with Crippen molar-refractivity contribution in [1.29, 1.82) is 0 Å². The molecular weight excluding hydrogens is 560 g/mol. The first-order chi connectivity index (χ1) is 20.8. The van der Waals surface area contributed by atoms with Gasteiger partial charge in [-0.2, -0.15) is 0 Å². The van der Waals surface area contributed by atoms with E-state index in [1.54, 1.807) is 0 Å². The SMILES string of the molecule is CCCCCCC(C)N(Cc1ccc(CC(C)(C)C)cc1)/C(Nc1cc(C(C)(C)C)c(O)c(C(C)(C)C)c1)=C1\C(=O)COC1=O. The van der Waals surface area contributed by atoms with Crippen molar-refractivity contribution in [2.45, 2.75) is 138 Å². The van der Waals surface area contributed by atoms with Crippen LogP contribution in [0.25, 0.3) is 0 Å². The molecule has 2 N–H and O–H groups in total. The number of cyclic esters (lactones) is 1.